The first-order chi connectivity index (χ1) is 9.20. The summed E-state index contributed by atoms with van der Waals surface area (Å²) in [4.78, 5) is 43.4. The van der Waals surface area contributed by atoms with Crippen molar-refractivity contribution in [2.24, 2.45) is 0 Å². The van der Waals surface area contributed by atoms with Crippen molar-refractivity contribution < 1.29 is 56.7 Å². The van der Waals surface area contributed by atoms with E-state index in [2.05, 4.69) is 0 Å². The fourth-order valence-electron chi connectivity index (χ4n) is 1.44. The maximum atomic E-state index is 10.4. The summed E-state index contributed by atoms with van der Waals surface area (Å²) in [5.74, 6) is -6.12. The molecular formula is C10H12MnN2O8-4. The number of hydrogen-bond donors (Lipinski definition) is 0. The minimum Gasteiger partial charge on any atom is -0.549 e. The van der Waals surface area contributed by atoms with Gasteiger partial charge >= 0.3 is 0 Å². The van der Waals surface area contributed by atoms with Gasteiger partial charge in [0.2, 0.25) is 0 Å². The van der Waals surface area contributed by atoms with Crippen LogP contribution in [0.4, 0.5) is 0 Å². The summed E-state index contributed by atoms with van der Waals surface area (Å²) in [6, 6.07) is 0. The van der Waals surface area contributed by atoms with E-state index in [4.69, 9.17) is 0 Å². The van der Waals surface area contributed by atoms with Crippen LogP contribution < -0.4 is 20.4 Å². The van der Waals surface area contributed by atoms with E-state index in [-0.39, 0.29) is 30.2 Å². The first-order valence-electron chi connectivity index (χ1n) is 5.44. The Hall–Kier alpha value is -1.68. The Labute approximate surface area is 130 Å². The summed E-state index contributed by atoms with van der Waals surface area (Å²) in [7, 11) is 0. The van der Waals surface area contributed by atoms with Gasteiger partial charge in [0.15, 0.2) is 0 Å². The average Bonchev–Trinajstić information content (AvgIpc) is 2.22. The molecule has 0 aliphatic rings. The molecule has 10 nitrogen and oxygen atoms in total. The van der Waals surface area contributed by atoms with Gasteiger partial charge in [-0.1, -0.05) is 0 Å². The summed E-state index contributed by atoms with van der Waals surface area (Å²) in [5, 5.41) is 41.6. The molecule has 21 heavy (non-hydrogen) atoms. The van der Waals surface area contributed by atoms with Crippen molar-refractivity contribution in [1.82, 2.24) is 9.80 Å². The molecule has 0 spiro atoms. The van der Waals surface area contributed by atoms with Gasteiger partial charge in [-0.2, -0.15) is 0 Å². The molecule has 0 saturated carbocycles. The van der Waals surface area contributed by atoms with E-state index in [9.17, 15) is 39.6 Å². The van der Waals surface area contributed by atoms with E-state index >= 15 is 0 Å². The topological polar surface area (TPSA) is 167 Å². The fraction of sp³-hybridized carbons (Fsp3) is 0.600. The van der Waals surface area contributed by atoms with E-state index in [1.165, 1.54) is 0 Å². The Morgan fingerprint density at radius 3 is 0.905 bits per heavy atom. The molecule has 0 bridgehead atoms. The quantitative estimate of drug-likeness (QED) is 0.329. The van der Waals surface area contributed by atoms with Crippen LogP contribution in [0.2, 0.25) is 0 Å². The van der Waals surface area contributed by atoms with Gasteiger partial charge in [-0.15, -0.1) is 0 Å². The summed E-state index contributed by atoms with van der Waals surface area (Å²) in [6.07, 6.45) is 0. The van der Waals surface area contributed by atoms with Crippen LogP contribution in [0.25, 0.3) is 0 Å². The average molecular weight is 343 g/mol. The minimum atomic E-state index is -1.53. The SMILES string of the molecule is O=C([O-])CN(CCN(CC(=O)[O-])CC(=O)[O-])CC(=O)[O-].[Mn]. The monoisotopic (exact) mass is 343 g/mol. The Kier molecular flexibility index (Phi) is 11.4. The summed E-state index contributed by atoms with van der Waals surface area (Å²) >= 11 is 0. The number of nitrogens with zero attached hydrogens (tertiary/aromatic N) is 2. The van der Waals surface area contributed by atoms with Crippen molar-refractivity contribution in [2.45, 2.75) is 0 Å². The van der Waals surface area contributed by atoms with Crippen LogP contribution in [0.5, 0.6) is 0 Å². The molecule has 121 valence electrons. The van der Waals surface area contributed by atoms with Crippen LogP contribution in [-0.2, 0) is 36.2 Å². The Morgan fingerprint density at radius 1 is 0.571 bits per heavy atom. The molecule has 0 fully saturated rings. The molecule has 0 aliphatic carbocycles. The zero-order valence-corrected chi connectivity index (χ0v) is 12.0. The van der Waals surface area contributed by atoms with Gasteiger partial charge in [0, 0.05) is 56.3 Å². The van der Waals surface area contributed by atoms with Crippen LogP contribution in [0.15, 0.2) is 0 Å². The van der Waals surface area contributed by atoms with Gasteiger partial charge in [0.1, 0.15) is 0 Å². The van der Waals surface area contributed by atoms with Crippen molar-refractivity contribution in [3.8, 4) is 0 Å². The second-order valence-electron chi connectivity index (χ2n) is 3.91. The Morgan fingerprint density at radius 2 is 0.762 bits per heavy atom. The number of carboxylic acids is 4. The van der Waals surface area contributed by atoms with E-state index in [1.807, 2.05) is 0 Å². The minimum absolute atomic E-state index is 0. The number of hydrogen-bond acceptors (Lipinski definition) is 10. The number of carbonyl (C=O) groups is 4. The number of rotatable bonds is 11. The summed E-state index contributed by atoms with van der Waals surface area (Å²) in [5.41, 5.74) is 0. The third-order valence-electron chi connectivity index (χ3n) is 2.14. The molecule has 0 aromatic carbocycles. The maximum absolute atomic E-state index is 10.4. The first-order valence-corrected chi connectivity index (χ1v) is 5.44. The van der Waals surface area contributed by atoms with Gasteiger partial charge in [0.25, 0.3) is 0 Å². The molecule has 0 aromatic rings. The van der Waals surface area contributed by atoms with Gasteiger partial charge < -0.3 is 39.6 Å². The van der Waals surface area contributed by atoms with E-state index in [0.717, 1.165) is 9.80 Å². The summed E-state index contributed by atoms with van der Waals surface area (Å²) in [6.45, 7) is -3.25. The van der Waals surface area contributed by atoms with Crippen molar-refractivity contribution in [3.63, 3.8) is 0 Å². The zero-order chi connectivity index (χ0) is 15.7. The normalized spacial score (nSPS) is 10.2. The van der Waals surface area contributed by atoms with Crippen molar-refractivity contribution in [3.05, 3.63) is 0 Å². The van der Waals surface area contributed by atoms with E-state index in [1.54, 1.807) is 0 Å². The van der Waals surface area contributed by atoms with Crippen LogP contribution in [0.3, 0.4) is 0 Å². The van der Waals surface area contributed by atoms with Crippen LogP contribution in [0, 0.1) is 0 Å². The molecule has 11 heteroatoms. The van der Waals surface area contributed by atoms with Crippen LogP contribution >= 0.6 is 0 Å². The summed E-state index contributed by atoms with van der Waals surface area (Å²) < 4.78 is 0. The van der Waals surface area contributed by atoms with Crippen LogP contribution in [-0.4, -0.2) is 72.9 Å². The molecule has 0 heterocycles. The van der Waals surface area contributed by atoms with Crippen LogP contribution in [0.1, 0.15) is 0 Å². The molecular weight excluding hydrogens is 331 g/mol. The molecule has 0 amide bonds. The van der Waals surface area contributed by atoms with Gasteiger partial charge in [0.05, 0.1) is 23.9 Å². The van der Waals surface area contributed by atoms with E-state index in [0.29, 0.717) is 0 Å². The fourth-order valence-corrected chi connectivity index (χ4v) is 1.44. The maximum Gasteiger partial charge on any atom is 0.0555 e. The molecule has 0 aromatic heterocycles. The molecule has 0 N–H and O–H groups in total. The van der Waals surface area contributed by atoms with E-state index < -0.39 is 50.1 Å². The van der Waals surface area contributed by atoms with Gasteiger partial charge in [-0.25, -0.2) is 0 Å². The predicted octanol–water partition coefficient (Wildman–Crippen LogP) is -7.41. The van der Waals surface area contributed by atoms with Crippen molar-refractivity contribution >= 4 is 23.9 Å². The Bertz CT molecular complexity index is 321. The molecule has 0 aliphatic heterocycles. The smallest absolute Gasteiger partial charge is 0.0555 e. The molecule has 0 atom stereocenters. The first kappa shape index (κ1) is 21.6. The number of carboxylic acid groups (broad SMARTS) is 4. The second kappa shape index (κ2) is 11.0. The van der Waals surface area contributed by atoms with Crippen molar-refractivity contribution in [2.75, 3.05) is 39.3 Å². The van der Waals surface area contributed by atoms with Gasteiger partial charge in [-0.3, -0.25) is 9.80 Å². The standard InChI is InChI=1S/C10H16N2O8.Mn/c13-7(14)3-11(4-8(15)16)1-2-12(5-9(17)18)6-10(19)20;/h1-6H2,(H,13,14)(H,15,16)(H,17,18)(H,19,20);/p-4. The molecule has 1 radical (unpaired) electrons. The van der Waals surface area contributed by atoms with Crippen molar-refractivity contribution in [1.29, 1.82) is 0 Å². The third kappa shape index (κ3) is 13.1. The zero-order valence-electron chi connectivity index (χ0n) is 10.8. The predicted molar refractivity (Wildman–Crippen MR) is 52.9 cm³/mol. The largest absolute Gasteiger partial charge is 0.549 e. The Balaban J connectivity index is 0. The number of aliphatic carboxylic acids is 4. The molecule has 0 unspecified atom stereocenters. The third-order valence-corrected chi connectivity index (χ3v) is 2.14. The second-order valence-corrected chi connectivity index (χ2v) is 3.91. The molecule has 0 saturated heterocycles. The van der Waals surface area contributed by atoms with Gasteiger partial charge in [-0.05, 0) is 0 Å². The molecule has 0 rings (SSSR count). The number of carbonyl (C=O) groups excluding carboxylic acids is 4.